The van der Waals surface area contributed by atoms with Crippen molar-refractivity contribution in [3.63, 3.8) is 0 Å². The van der Waals surface area contributed by atoms with E-state index in [1.165, 1.54) is 0 Å². The molecule has 0 spiro atoms. The quantitative estimate of drug-likeness (QED) is 0.0268. The van der Waals surface area contributed by atoms with Crippen LogP contribution in [0.4, 0.5) is 0 Å². The minimum absolute atomic E-state index is 0.0000490. The zero-order chi connectivity index (χ0) is 46.8. The number of carbonyl (C=O) groups excluding carboxylic acids is 1. The van der Waals surface area contributed by atoms with Gasteiger partial charge in [-0.25, -0.2) is 14.7 Å². The molecule has 0 saturated carbocycles. The number of hydrogen-bond acceptors (Lipinski definition) is 12. The highest BCUT2D eigenvalue weighted by Gasteiger charge is 2.55. The number of benzene rings is 3. The second-order valence-corrected chi connectivity index (χ2v) is 24.5. The molecule has 2 aliphatic rings. The van der Waals surface area contributed by atoms with Crippen LogP contribution in [0.25, 0.3) is 0 Å². The monoisotopic (exact) mass is 913 g/mol. The van der Waals surface area contributed by atoms with Crippen molar-refractivity contribution < 1.29 is 37.2 Å². The summed E-state index contributed by atoms with van der Waals surface area (Å²) < 4.78 is 49.3. The Labute approximate surface area is 383 Å². The number of Topliss-reactive ketones (excluding diaryl/α,β-unsaturated/α-hetero) is 1. The maximum absolute atomic E-state index is 14.3. The van der Waals surface area contributed by atoms with Gasteiger partial charge in [-0.3, -0.25) is 4.79 Å². The van der Waals surface area contributed by atoms with Gasteiger partial charge in [0.2, 0.25) is 0 Å². The summed E-state index contributed by atoms with van der Waals surface area (Å²) in [7, 11) is 2.60. The van der Waals surface area contributed by atoms with E-state index in [4.69, 9.17) is 32.4 Å². The maximum atomic E-state index is 14.3. The Balaban J connectivity index is 1.73. The second kappa shape index (κ2) is 22.3. The van der Waals surface area contributed by atoms with Crippen LogP contribution in [0.15, 0.2) is 101 Å². The van der Waals surface area contributed by atoms with E-state index in [1.54, 1.807) is 31.7 Å². The molecular weight excluding hydrogens is 846 g/mol. The number of hydrogen-bond donors (Lipinski definition) is 0. The summed E-state index contributed by atoms with van der Waals surface area (Å²) in [4.78, 5) is 25.2. The molecule has 2 heterocycles. The molecule has 0 aliphatic carbocycles. The molecule has 13 nitrogen and oxygen atoms in total. The number of nitrogens with zero attached hydrogens (tertiary/aromatic N) is 5. The van der Waals surface area contributed by atoms with Gasteiger partial charge in [0, 0.05) is 38.0 Å². The van der Waals surface area contributed by atoms with Crippen LogP contribution >= 0.6 is 8.53 Å². The van der Waals surface area contributed by atoms with Crippen LogP contribution in [0.3, 0.4) is 0 Å². The lowest BCUT2D eigenvalue weighted by Crippen LogP contribution is -2.51. The SMILES string of the molecule is COc1ccc(C(OC[C@H]2O[C@@H](C3=CN=C(N=CN(C)C)CC3=O)[C@H](O[Si](C)(C)C(C)(C)C)[C@@H]2OP(OCCC#N)N(C(C)C)C(C)C)(c2ccccc2)c2ccc(OC)cc2)cc1. The van der Waals surface area contributed by atoms with Gasteiger partial charge in [-0.15, -0.1) is 0 Å². The van der Waals surface area contributed by atoms with E-state index in [-0.39, 0.29) is 49.0 Å². The fourth-order valence-corrected chi connectivity index (χ4v) is 10.6. The minimum Gasteiger partial charge on any atom is -0.497 e. The molecule has 0 N–H and O–H groups in total. The topological polar surface area (TPSA) is 137 Å². The molecule has 3 aromatic carbocycles. The van der Waals surface area contributed by atoms with Crippen molar-refractivity contribution >= 4 is 34.8 Å². The smallest absolute Gasteiger partial charge is 0.259 e. The molecule has 5 atom stereocenters. The number of nitriles is 1. The Morgan fingerprint density at radius 1 is 0.906 bits per heavy atom. The number of amidine groups is 1. The molecule has 2 aliphatic heterocycles. The van der Waals surface area contributed by atoms with E-state index in [0.717, 1.165) is 16.7 Å². The molecular formula is C49H68N5O8PSi. The lowest BCUT2D eigenvalue weighted by atomic mass is 9.80. The van der Waals surface area contributed by atoms with Crippen molar-refractivity contribution in [2.24, 2.45) is 9.98 Å². The Hall–Kier alpha value is -4.29. The first-order valence-electron chi connectivity index (χ1n) is 21.9. The summed E-state index contributed by atoms with van der Waals surface area (Å²) in [6.45, 7) is 19.5. The first-order chi connectivity index (χ1) is 30.4. The van der Waals surface area contributed by atoms with Crippen molar-refractivity contribution in [2.45, 2.75) is 122 Å². The van der Waals surface area contributed by atoms with Crippen molar-refractivity contribution in [2.75, 3.05) is 41.5 Å². The van der Waals surface area contributed by atoms with Crippen molar-refractivity contribution in [1.82, 2.24) is 9.57 Å². The third-order valence-corrected chi connectivity index (χ3v) is 18.4. The molecule has 0 aromatic heterocycles. The average Bonchev–Trinajstić information content (AvgIpc) is 3.58. The molecule has 1 saturated heterocycles. The predicted octanol–water partition coefficient (Wildman–Crippen LogP) is 9.68. The minimum atomic E-state index is -2.61. The lowest BCUT2D eigenvalue weighted by molar-refractivity contribution is -0.117. The van der Waals surface area contributed by atoms with Crippen LogP contribution < -0.4 is 9.47 Å². The first-order valence-corrected chi connectivity index (χ1v) is 26.0. The third-order valence-electron chi connectivity index (χ3n) is 11.8. The Morgan fingerprint density at radius 2 is 1.47 bits per heavy atom. The maximum Gasteiger partial charge on any atom is 0.259 e. The summed E-state index contributed by atoms with van der Waals surface area (Å²) in [6, 6.07) is 28.1. The van der Waals surface area contributed by atoms with E-state index >= 15 is 0 Å². The fraction of sp³-hybridized carbons (Fsp3) is 0.510. The lowest BCUT2D eigenvalue weighted by Gasteiger charge is -2.42. The summed E-state index contributed by atoms with van der Waals surface area (Å²) in [5.41, 5.74) is 1.78. The zero-order valence-corrected chi connectivity index (χ0v) is 41.8. The molecule has 3 aromatic rings. The van der Waals surface area contributed by atoms with Crippen LogP contribution in [-0.2, 0) is 33.3 Å². The second-order valence-electron chi connectivity index (χ2n) is 18.3. The number of ketones is 1. The number of aliphatic imine (C=N–C) groups is 2. The van der Waals surface area contributed by atoms with Gasteiger partial charge in [-0.2, -0.15) is 5.26 Å². The van der Waals surface area contributed by atoms with Crippen molar-refractivity contribution in [3.8, 4) is 17.6 Å². The Bertz CT molecular complexity index is 2060. The van der Waals surface area contributed by atoms with Gasteiger partial charge in [-0.05, 0) is 86.8 Å². The van der Waals surface area contributed by atoms with Gasteiger partial charge in [0.1, 0.15) is 47.4 Å². The summed E-state index contributed by atoms with van der Waals surface area (Å²) >= 11 is 0. The van der Waals surface area contributed by atoms with Gasteiger partial charge in [0.05, 0.1) is 52.7 Å². The Kier molecular flexibility index (Phi) is 17.6. The van der Waals surface area contributed by atoms with Crippen LogP contribution in [0.1, 0.15) is 78.0 Å². The third kappa shape index (κ3) is 11.9. The molecule has 0 radical (unpaired) electrons. The van der Waals surface area contributed by atoms with Gasteiger partial charge < -0.3 is 37.3 Å². The molecule has 1 fully saturated rings. The molecule has 64 heavy (non-hydrogen) atoms. The van der Waals surface area contributed by atoms with E-state index in [0.29, 0.717) is 22.9 Å². The van der Waals surface area contributed by atoms with Gasteiger partial charge in [-0.1, -0.05) is 75.4 Å². The highest BCUT2D eigenvalue weighted by molar-refractivity contribution is 7.44. The van der Waals surface area contributed by atoms with E-state index in [2.05, 4.69) is 94.4 Å². The molecule has 15 heteroatoms. The number of ether oxygens (including phenoxy) is 4. The Morgan fingerprint density at radius 3 is 1.95 bits per heavy atom. The molecule has 0 bridgehead atoms. The molecule has 5 rings (SSSR count). The van der Waals surface area contributed by atoms with E-state index in [1.807, 2.05) is 80.8 Å². The van der Waals surface area contributed by atoms with Crippen LogP contribution in [0, 0.1) is 11.3 Å². The summed E-state index contributed by atoms with van der Waals surface area (Å²) in [5, 5.41) is 9.36. The van der Waals surface area contributed by atoms with Crippen molar-refractivity contribution in [1.29, 1.82) is 5.26 Å². The zero-order valence-electron chi connectivity index (χ0n) is 39.9. The summed E-state index contributed by atoms with van der Waals surface area (Å²) in [6.07, 6.45) is 0.143. The molecule has 346 valence electrons. The van der Waals surface area contributed by atoms with Gasteiger partial charge in [0.25, 0.3) is 8.53 Å². The number of carbonyl (C=O) groups is 1. The van der Waals surface area contributed by atoms with Crippen molar-refractivity contribution in [3.05, 3.63) is 107 Å². The van der Waals surface area contributed by atoms with Gasteiger partial charge in [0.15, 0.2) is 14.1 Å². The normalized spacial score (nSPS) is 20.1. The first kappa shape index (κ1) is 50.7. The van der Waals surface area contributed by atoms with Crippen LogP contribution in [0.5, 0.6) is 11.5 Å². The molecule has 1 unspecified atom stereocenters. The average molecular weight is 914 g/mol. The summed E-state index contributed by atoms with van der Waals surface area (Å²) in [5.74, 6) is 1.65. The van der Waals surface area contributed by atoms with Crippen LogP contribution in [0.2, 0.25) is 18.1 Å². The molecule has 0 amide bonds. The highest BCUT2D eigenvalue weighted by atomic mass is 31.2. The van der Waals surface area contributed by atoms with Gasteiger partial charge >= 0.3 is 0 Å². The van der Waals surface area contributed by atoms with E-state index in [9.17, 15) is 10.1 Å². The number of rotatable bonds is 20. The number of methoxy groups -OCH3 is 2. The predicted molar refractivity (Wildman–Crippen MR) is 256 cm³/mol. The largest absolute Gasteiger partial charge is 0.497 e. The highest BCUT2D eigenvalue weighted by Crippen LogP contribution is 2.52. The standard InChI is InChI=1S/C49H68N5O8PSi/c1-34(2)54(35(3)4)63(59-29-17-28-50)61-46-43(60-45(47(46)62-64(12,13)48(5,6)7)41-31-51-44(30-42(41)55)52-33-53(8)9)32-58-49(36-18-15-14-16-19-36,37-20-24-39(56-10)25-21-37)38-22-26-40(57-11)27-23-38/h14-16,18-27,31,33-35,43,45-47H,17,29-30,32H2,1-13H3/t43-,45+,46-,47+,63?/m1/s1. The fourth-order valence-electron chi connectivity index (χ4n) is 7.57. The van der Waals surface area contributed by atoms with Crippen LogP contribution in [-0.4, -0.2) is 114 Å². The van der Waals surface area contributed by atoms with E-state index < -0.39 is 46.9 Å².